The SMILES string of the molecule is Cc1ccc(NC(=O)c2cccn2-c2nnc(N3CCCCC3)s2)cc1. The Morgan fingerprint density at radius 3 is 2.54 bits per heavy atom. The Balaban J connectivity index is 1.54. The third-order valence-electron chi connectivity index (χ3n) is 4.53. The van der Waals surface area contributed by atoms with E-state index in [1.165, 1.54) is 30.6 Å². The first kappa shape index (κ1) is 16.8. The quantitative estimate of drug-likeness (QED) is 0.760. The van der Waals surface area contributed by atoms with Gasteiger partial charge in [0.05, 0.1) is 0 Å². The molecule has 1 aliphatic heterocycles. The zero-order chi connectivity index (χ0) is 17.9. The van der Waals surface area contributed by atoms with Crippen LogP contribution in [0, 0.1) is 6.92 Å². The van der Waals surface area contributed by atoms with Crippen molar-refractivity contribution >= 4 is 28.1 Å². The third kappa shape index (κ3) is 3.48. The van der Waals surface area contributed by atoms with Crippen molar-refractivity contribution in [3.8, 4) is 5.13 Å². The lowest BCUT2D eigenvalue weighted by molar-refractivity contribution is 0.102. The van der Waals surface area contributed by atoms with E-state index in [-0.39, 0.29) is 5.91 Å². The van der Waals surface area contributed by atoms with Crippen molar-refractivity contribution in [2.45, 2.75) is 26.2 Å². The Bertz CT molecular complexity index is 893. The first-order valence-electron chi connectivity index (χ1n) is 8.85. The van der Waals surface area contributed by atoms with Gasteiger partial charge in [-0.15, -0.1) is 10.2 Å². The predicted molar refractivity (Wildman–Crippen MR) is 104 cm³/mol. The van der Waals surface area contributed by atoms with Gasteiger partial charge in [0.2, 0.25) is 10.3 Å². The standard InChI is InChI=1S/C19H21N5OS/c1-14-7-9-15(10-8-14)20-17(25)16-6-5-13-24(16)19-22-21-18(26-19)23-11-3-2-4-12-23/h5-10,13H,2-4,11-12H2,1H3,(H,20,25). The summed E-state index contributed by atoms with van der Waals surface area (Å²) >= 11 is 1.52. The van der Waals surface area contributed by atoms with Gasteiger partial charge >= 0.3 is 0 Å². The maximum atomic E-state index is 12.7. The van der Waals surface area contributed by atoms with Crippen LogP contribution in [-0.4, -0.2) is 33.8 Å². The van der Waals surface area contributed by atoms with Crippen molar-refractivity contribution in [3.63, 3.8) is 0 Å². The number of nitrogens with zero attached hydrogens (tertiary/aromatic N) is 4. The number of anilines is 2. The molecule has 2 aromatic heterocycles. The van der Waals surface area contributed by atoms with Crippen LogP contribution in [-0.2, 0) is 0 Å². The van der Waals surface area contributed by atoms with Crippen LogP contribution in [0.1, 0.15) is 35.3 Å². The van der Waals surface area contributed by atoms with Gasteiger partial charge in [-0.25, -0.2) is 0 Å². The van der Waals surface area contributed by atoms with Crippen molar-refractivity contribution in [1.29, 1.82) is 0 Å². The van der Waals surface area contributed by atoms with Crippen molar-refractivity contribution < 1.29 is 4.79 Å². The summed E-state index contributed by atoms with van der Waals surface area (Å²) < 4.78 is 1.80. The van der Waals surface area contributed by atoms with E-state index in [1.807, 2.05) is 43.5 Å². The van der Waals surface area contributed by atoms with E-state index in [0.29, 0.717) is 10.8 Å². The Hall–Kier alpha value is -2.67. The lowest BCUT2D eigenvalue weighted by atomic mass is 10.1. The fourth-order valence-electron chi connectivity index (χ4n) is 3.08. The fourth-order valence-corrected chi connectivity index (χ4v) is 3.98. The molecule has 4 rings (SSSR count). The van der Waals surface area contributed by atoms with Crippen LogP contribution >= 0.6 is 11.3 Å². The van der Waals surface area contributed by atoms with E-state index in [1.54, 1.807) is 10.6 Å². The summed E-state index contributed by atoms with van der Waals surface area (Å²) in [6.07, 6.45) is 5.53. The van der Waals surface area contributed by atoms with Gasteiger partial charge in [-0.3, -0.25) is 9.36 Å². The highest BCUT2D eigenvalue weighted by molar-refractivity contribution is 7.17. The van der Waals surface area contributed by atoms with Crippen LogP contribution in [0.4, 0.5) is 10.8 Å². The average Bonchev–Trinajstić information content (AvgIpc) is 3.33. The minimum absolute atomic E-state index is 0.159. The zero-order valence-electron chi connectivity index (χ0n) is 14.7. The molecule has 0 saturated carbocycles. The number of piperidine rings is 1. The number of aromatic nitrogens is 3. The van der Waals surface area contributed by atoms with E-state index < -0.39 is 0 Å². The van der Waals surface area contributed by atoms with Gasteiger partial charge in [0.15, 0.2) is 0 Å². The van der Waals surface area contributed by atoms with E-state index in [2.05, 4.69) is 20.4 Å². The molecule has 3 heterocycles. The second kappa shape index (κ2) is 7.29. The molecule has 1 N–H and O–H groups in total. The van der Waals surface area contributed by atoms with Crippen LogP contribution in [0.2, 0.25) is 0 Å². The van der Waals surface area contributed by atoms with E-state index in [4.69, 9.17) is 0 Å². The number of hydrogen-bond acceptors (Lipinski definition) is 5. The molecule has 134 valence electrons. The predicted octanol–water partition coefficient (Wildman–Crippen LogP) is 3.88. The summed E-state index contributed by atoms with van der Waals surface area (Å²) in [6.45, 7) is 4.08. The molecule has 1 saturated heterocycles. The van der Waals surface area contributed by atoms with E-state index >= 15 is 0 Å². The maximum Gasteiger partial charge on any atom is 0.272 e. The van der Waals surface area contributed by atoms with Crippen LogP contribution in [0.25, 0.3) is 5.13 Å². The van der Waals surface area contributed by atoms with Gasteiger partial charge in [0, 0.05) is 25.0 Å². The van der Waals surface area contributed by atoms with E-state index in [0.717, 1.165) is 29.5 Å². The molecule has 0 atom stereocenters. The summed E-state index contributed by atoms with van der Waals surface area (Å²) in [4.78, 5) is 15.0. The molecule has 0 spiro atoms. The number of amides is 1. The number of carbonyl (C=O) groups is 1. The molecule has 1 amide bonds. The Morgan fingerprint density at radius 2 is 1.77 bits per heavy atom. The molecule has 0 bridgehead atoms. The minimum atomic E-state index is -0.159. The molecule has 7 heteroatoms. The molecule has 1 aromatic carbocycles. The summed E-state index contributed by atoms with van der Waals surface area (Å²) in [7, 11) is 0. The molecule has 26 heavy (non-hydrogen) atoms. The molecule has 0 unspecified atom stereocenters. The molecule has 3 aromatic rings. The second-order valence-electron chi connectivity index (χ2n) is 6.50. The number of hydrogen-bond donors (Lipinski definition) is 1. The number of rotatable bonds is 4. The summed E-state index contributed by atoms with van der Waals surface area (Å²) in [5.41, 5.74) is 2.48. The smallest absolute Gasteiger partial charge is 0.272 e. The summed E-state index contributed by atoms with van der Waals surface area (Å²) in [5.74, 6) is -0.159. The normalized spacial score (nSPS) is 14.4. The fraction of sp³-hybridized carbons (Fsp3) is 0.316. The van der Waals surface area contributed by atoms with Crippen molar-refractivity contribution in [2.75, 3.05) is 23.3 Å². The Morgan fingerprint density at radius 1 is 1.04 bits per heavy atom. The lowest BCUT2D eigenvalue weighted by Gasteiger charge is -2.25. The zero-order valence-corrected chi connectivity index (χ0v) is 15.5. The highest BCUT2D eigenvalue weighted by atomic mass is 32.1. The van der Waals surface area contributed by atoms with E-state index in [9.17, 15) is 4.79 Å². The highest BCUT2D eigenvalue weighted by Gasteiger charge is 2.19. The maximum absolute atomic E-state index is 12.7. The topological polar surface area (TPSA) is 63.1 Å². The Labute approximate surface area is 156 Å². The molecular weight excluding hydrogens is 346 g/mol. The second-order valence-corrected chi connectivity index (χ2v) is 7.43. The van der Waals surface area contributed by atoms with Crippen LogP contribution in [0.5, 0.6) is 0 Å². The van der Waals surface area contributed by atoms with Gasteiger partial charge in [0.1, 0.15) is 5.69 Å². The lowest BCUT2D eigenvalue weighted by Crippen LogP contribution is -2.29. The average molecular weight is 367 g/mol. The van der Waals surface area contributed by atoms with Crippen molar-refractivity contribution in [1.82, 2.24) is 14.8 Å². The minimum Gasteiger partial charge on any atom is -0.347 e. The van der Waals surface area contributed by atoms with Crippen LogP contribution < -0.4 is 10.2 Å². The Kier molecular flexibility index (Phi) is 4.71. The number of nitrogens with one attached hydrogen (secondary N) is 1. The number of benzene rings is 1. The van der Waals surface area contributed by atoms with Crippen molar-refractivity contribution in [2.24, 2.45) is 0 Å². The molecular formula is C19H21N5OS. The van der Waals surface area contributed by atoms with Crippen LogP contribution in [0.15, 0.2) is 42.6 Å². The number of aryl methyl sites for hydroxylation is 1. The first-order chi connectivity index (χ1) is 12.7. The molecule has 1 aliphatic rings. The van der Waals surface area contributed by atoms with Gasteiger partial charge in [-0.2, -0.15) is 0 Å². The molecule has 0 radical (unpaired) electrons. The summed E-state index contributed by atoms with van der Waals surface area (Å²) in [5, 5.41) is 13.2. The largest absolute Gasteiger partial charge is 0.347 e. The van der Waals surface area contributed by atoms with Gasteiger partial charge in [-0.05, 0) is 50.5 Å². The van der Waals surface area contributed by atoms with Gasteiger partial charge in [0.25, 0.3) is 5.91 Å². The van der Waals surface area contributed by atoms with Gasteiger partial charge < -0.3 is 10.2 Å². The van der Waals surface area contributed by atoms with Gasteiger partial charge in [-0.1, -0.05) is 29.0 Å². The summed E-state index contributed by atoms with van der Waals surface area (Å²) in [6, 6.07) is 11.4. The van der Waals surface area contributed by atoms with Crippen LogP contribution in [0.3, 0.4) is 0 Å². The number of carbonyl (C=O) groups excluding carboxylic acids is 1. The first-order valence-corrected chi connectivity index (χ1v) is 9.66. The molecule has 6 nitrogen and oxygen atoms in total. The highest BCUT2D eigenvalue weighted by Crippen LogP contribution is 2.27. The third-order valence-corrected chi connectivity index (χ3v) is 5.51. The molecule has 1 fully saturated rings. The molecule has 0 aliphatic carbocycles. The van der Waals surface area contributed by atoms with Crippen molar-refractivity contribution in [3.05, 3.63) is 53.9 Å². The monoisotopic (exact) mass is 367 g/mol.